The molecule has 0 fully saturated rings. The molecule has 0 radical (unpaired) electrons. The minimum Gasteiger partial charge on any atom is -0.352 e. The molecule has 2 amide bonds. The van der Waals surface area contributed by atoms with Gasteiger partial charge in [0.05, 0.1) is 10.6 Å². The van der Waals surface area contributed by atoms with E-state index in [-0.39, 0.29) is 23.4 Å². The molecule has 0 spiro atoms. The van der Waals surface area contributed by atoms with Crippen LogP contribution in [-0.2, 0) is 26.2 Å². The molecule has 3 rings (SSSR count). The number of hydrogen-bond acceptors (Lipinski definition) is 4. The number of carbonyl (C=O) groups is 2. The van der Waals surface area contributed by atoms with Gasteiger partial charge in [0.2, 0.25) is 11.8 Å². The van der Waals surface area contributed by atoms with Crippen molar-refractivity contribution in [3.8, 4) is 0 Å². The van der Waals surface area contributed by atoms with Crippen LogP contribution in [0, 0.1) is 20.8 Å². The van der Waals surface area contributed by atoms with Gasteiger partial charge in [-0.1, -0.05) is 67.4 Å². The fourth-order valence-corrected chi connectivity index (χ4v) is 6.29. The number of anilines is 1. The Hall–Kier alpha value is -3.36. The number of rotatable bonds is 12. The zero-order chi connectivity index (χ0) is 30.3. The van der Waals surface area contributed by atoms with Crippen molar-refractivity contribution in [2.75, 3.05) is 10.8 Å². The van der Waals surface area contributed by atoms with Crippen molar-refractivity contribution >= 4 is 39.1 Å². The van der Waals surface area contributed by atoms with Crippen molar-refractivity contribution in [2.24, 2.45) is 0 Å². The molecule has 0 aliphatic carbocycles. The van der Waals surface area contributed by atoms with Gasteiger partial charge < -0.3 is 10.2 Å². The van der Waals surface area contributed by atoms with Crippen LogP contribution in [0.15, 0.2) is 71.6 Å². The van der Waals surface area contributed by atoms with Crippen LogP contribution in [0.25, 0.3) is 0 Å². The molecule has 0 aromatic heterocycles. The Morgan fingerprint density at radius 1 is 0.902 bits per heavy atom. The van der Waals surface area contributed by atoms with Crippen molar-refractivity contribution in [3.63, 3.8) is 0 Å². The summed E-state index contributed by atoms with van der Waals surface area (Å²) in [5.74, 6) is -0.746. The first-order valence-electron chi connectivity index (χ1n) is 13.9. The molecule has 2 unspecified atom stereocenters. The molecule has 3 aromatic rings. The van der Waals surface area contributed by atoms with Gasteiger partial charge in [-0.3, -0.25) is 13.9 Å². The third kappa shape index (κ3) is 7.89. The average molecular weight is 598 g/mol. The van der Waals surface area contributed by atoms with Gasteiger partial charge in [0.15, 0.2) is 0 Å². The Morgan fingerprint density at radius 2 is 1.56 bits per heavy atom. The molecule has 220 valence electrons. The van der Waals surface area contributed by atoms with Gasteiger partial charge in [-0.05, 0) is 87.6 Å². The summed E-state index contributed by atoms with van der Waals surface area (Å²) < 4.78 is 29.2. The maximum atomic E-state index is 14.2. The Balaban J connectivity index is 2.10. The zero-order valence-electron chi connectivity index (χ0n) is 24.6. The maximum absolute atomic E-state index is 14.2. The highest BCUT2D eigenvalue weighted by Gasteiger charge is 2.34. The summed E-state index contributed by atoms with van der Waals surface area (Å²) in [6.07, 6.45) is 1.11. The van der Waals surface area contributed by atoms with E-state index in [4.69, 9.17) is 11.6 Å². The molecule has 0 aliphatic rings. The van der Waals surface area contributed by atoms with E-state index in [1.807, 2.05) is 58.9 Å². The molecule has 41 heavy (non-hydrogen) atoms. The largest absolute Gasteiger partial charge is 0.352 e. The van der Waals surface area contributed by atoms with E-state index < -0.39 is 28.5 Å². The quantitative estimate of drug-likeness (QED) is 0.270. The SMILES string of the molecule is CCC(C)NC(=O)C(CC)N(Cc1ccccc1C)C(=O)CN(c1ccc(Cl)cc1C)S(=O)(=O)c1ccc(C)cc1. The van der Waals surface area contributed by atoms with Gasteiger partial charge in [-0.2, -0.15) is 0 Å². The lowest BCUT2D eigenvalue weighted by Crippen LogP contribution is -2.53. The Morgan fingerprint density at radius 3 is 2.15 bits per heavy atom. The lowest BCUT2D eigenvalue weighted by atomic mass is 10.1. The highest BCUT2D eigenvalue weighted by molar-refractivity contribution is 7.92. The van der Waals surface area contributed by atoms with Crippen LogP contribution >= 0.6 is 11.6 Å². The second-order valence-corrected chi connectivity index (χ2v) is 12.7. The fourth-order valence-electron chi connectivity index (χ4n) is 4.58. The number of halogens is 1. The highest BCUT2D eigenvalue weighted by atomic mass is 35.5. The number of sulfonamides is 1. The van der Waals surface area contributed by atoms with E-state index >= 15 is 0 Å². The molecule has 7 nitrogen and oxygen atoms in total. The van der Waals surface area contributed by atoms with Crippen molar-refractivity contribution in [3.05, 3.63) is 94.0 Å². The predicted molar refractivity (Wildman–Crippen MR) is 166 cm³/mol. The molecule has 3 aromatic carbocycles. The van der Waals surface area contributed by atoms with Gasteiger partial charge in [0.1, 0.15) is 12.6 Å². The summed E-state index contributed by atoms with van der Waals surface area (Å²) in [7, 11) is -4.15. The lowest BCUT2D eigenvalue weighted by Gasteiger charge is -2.34. The predicted octanol–water partition coefficient (Wildman–Crippen LogP) is 6.18. The number of hydrogen-bond donors (Lipinski definition) is 1. The smallest absolute Gasteiger partial charge is 0.264 e. The van der Waals surface area contributed by atoms with Crippen LogP contribution < -0.4 is 9.62 Å². The average Bonchev–Trinajstić information content (AvgIpc) is 2.93. The monoisotopic (exact) mass is 597 g/mol. The van der Waals surface area contributed by atoms with Crippen LogP contribution in [0.1, 0.15) is 55.9 Å². The summed E-state index contributed by atoms with van der Waals surface area (Å²) in [5, 5.41) is 3.46. The van der Waals surface area contributed by atoms with Crippen LogP contribution in [-0.4, -0.2) is 43.8 Å². The summed E-state index contributed by atoms with van der Waals surface area (Å²) in [6, 6.07) is 18.2. The minimum atomic E-state index is -4.15. The summed E-state index contributed by atoms with van der Waals surface area (Å²) in [4.78, 5) is 29.2. The molecule has 0 saturated carbocycles. The summed E-state index contributed by atoms with van der Waals surface area (Å²) >= 11 is 6.19. The van der Waals surface area contributed by atoms with E-state index in [9.17, 15) is 18.0 Å². The molecule has 1 N–H and O–H groups in total. The first-order chi connectivity index (χ1) is 19.4. The second kappa shape index (κ2) is 14.0. The topological polar surface area (TPSA) is 86.8 Å². The molecule has 2 atom stereocenters. The first-order valence-corrected chi connectivity index (χ1v) is 15.7. The van der Waals surface area contributed by atoms with E-state index in [1.165, 1.54) is 17.0 Å². The number of nitrogens with zero attached hydrogens (tertiary/aromatic N) is 2. The van der Waals surface area contributed by atoms with Crippen molar-refractivity contribution in [2.45, 2.75) is 77.9 Å². The van der Waals surface area contributed by atoms with Crippen molar-refractivity contribution in [1.82, 2.24) is 10.2 Å². The third-order valence-electron chi connectivity index (χ3n) is 7.30. The Bertz CT molecular complexity index is 1470. The molecular formula is C32H40ClN3O4S. The molecule has 0 heterocycles. The van der Waals surface area contributed by atoms with E-state index in [2.05, 4.69) is 5.32 Å². The van der Waals surface area contributed by atoms with E-state index in [1.54, 1.807) is 37.3 Å². The standard InChI is InChI=1S/C32H40ClN3O4S/c1-7-25(6)34-32(38)29(8-2)35(20-26-12-10-9-11-23(26)4)31(37)21-36(30-18-15-27(33)19-24(30)5)41(39,40)28-16-13-22(3)14-17-28/h9-19,25,29H,7-8,20-21H2,1-6H3,(H,34,38). The number of carbonyl (C=O) groups excluding carboxylic acids is 2. The first kappa shape index (κ1) is 32.2. The molecular weight excluding hydrogens is 558 g/mol. The Kier molecular flexibility index (Phi) is 11.0. The van der Waals surface area contributed by atoms with Gasteiger partial charge >= 0.3 is 0 Å². The van der Waals surface area contributed by atoms with Gasteiger partial charge in [-0.25, -0.2) is 8.42 Å². The van der Waals surface area contributed by atoms with Crippen LogP contribution in [0.2, 0.25) is 5.02 Å². The normalized spacial score (nSPS) is 12.9. The van der Waals surface area contributed by atoms with Crippen molar-refractivity contribution < 1.29 is 18.0 Å². The number of nitrogens with one attached hydrogen (secondary N) is 1. The molecule has 0 aliphatic heterocycles. The van der Waals surface area contributed by atoms with Crippen LogP contribution in [0.3, 0.4) is 0 Å². The minimum absolute atomic E-state index is 0.0669. The lowest BCUT2D eigenvalue weighted by molar-refractivity contribution is -0.140. The van der Waals surface area contributed by atoms with Gasteiger partial charge in [0.25, 0.3) is 10.0 Å². The van der Waals surface area contributed by atoms with E-state index in [0.717, 1.165) is 27.4 Å². The van der Waals surface area contributed by atoms with Gasteiger partial charge in [-0.15, -0.1) is 0 Å². The maximum Gasteiger partial charge on any atom is 0.264 e. The third-order valence-corrected chi connectivity index (χ3v) is 9.31. The number of amides is 2. The van der Waals surface area contributed by atoms with Crippen LogP contribution in [0.5, 0.6) is 0 Å². The molecule has 9 heteroatoms. The zero-order valence-corrected chi connectivity index (χ0v) is 26.2. The number of benzene rings is 3. The summed E-state index contributed by atoms with van der Waals surface area (Å²) in [5.41, 5.74) is 3.72. The summed E-state index contributed by atoms with van der Waals surface area (Å²) in [6.45, 7) is 11.0. The van der Waals surface area contributed by atoms with E-state index in [0.29, 0.717) is 22.7 Å². The Labute approximate surface area is 249 Å². The highest BCUT2D eigenvalue weighted by Crippen LogP contribution is 2.30. The fraction of sp³-hybridized carbons (Fsp3) is 0.375. The van der Waals surface area contributed by atoms with Crippen molar-refractivity contribution in [1.29, 1.82) is 0 Å². The molecule has 0 bridgehead atoms. The van der Waals surface area contributed by atoms with Crippen LogP contribution in [0.4, 0.5) is 5.69 Å². The van der Waals surface area contributed by atoms with Gasteiger partial charge in [0, 0.05) is 17.6 Å². The molecule has 0 saturated heterocycles. The number of aryl methyl sites for hydroxylation is 3. The second-order valence-electron chi connectivity index (χ2n) is 10.4.